The number of hydrogen-bond acceptors (Lipinski definition) is 5. The van der Waals surface area contributed by atoms with Gasteiger partial charge in [0.15, 0.2) is 11.5 Å². The number of fused-ring (bicyclic) bond motifs is 1. The van der Waals surface area contributed by atoms with Gasteiger partial charge in [-0.15, -0.1) is 0 Å². The van der Waals surface area contributed by atoms with Crippen molar-refractivity contribution in [3.63, 3.8) is 0 Å². The van der Waals surface area contributed by atoms with Crippen molar-refractivity contribution in [1.82, 2.24) is 4.98 Å². The van der Waals surface area contributed by atoms with E-state index in [0.29, 0.717) is 6.01 Å². The van der Waals surface area contributed by atoms with Gasteiger partial charge >= 0.3 is 0 Å². The van der Waals surface area contributed by atoms with Crippen LogP contribution in [0.3, 0.4) is 0 Å². The molecule has 16 heavy (non-hydrogen) atoms. The van der Waals surface area contributed by atoms with Gasteiger partial charge in [0, 0.05) is 12.6 Å². The highest BCUT2D eigenvalue weighted by Crippen LogP contribution is 2.35. The Morgan fingerprint density at radius 2 is 2.12 bits per heavy atom. The lowest BCUT2D eigenvalue weighted by Gasteiger charge is -1.98. The van der Waals surface area contributed by atoms with Crippen molar-refractivity contribution >= 4 is 6.01 Å². The van der Waals surface area contributed by atoms with Gasteiger partial charge in [-0.1, -0.05) is 0 Å². The molecule has 82 valence electrons. The van der Waals surface area contributed by atoms with Crippen LogP contribution in [0.2, 0.25) is 0 Å². The first-order valence-electron chi connectivity index (χ1n) is 4.90. The van der Waals surface area contributed by atoms with Crippen LogP contribution in [0.25, 0.3) is 11.3 Å². The highest BCUT2D eigenvalue weighted by Gasteiger charge is 2.15. The summed E-state index contributed by atoms with van der Waals surface area (Å²) in [4.78, 5) is 4.25. The molecule has 5 heteroatoms. The van der Waals surface area contributed by atoms with Gasteiger partial charge in [0.2, 0.25) is 6.79 Å². The molecule has 0 saturated heterocycles. The van der Waals surface area contributed by atoms with Gasteiger partial charge in [-0.2, -0.15) is 4.98 Å². The fourth-order valence-corrected chi connectivity index (χ4v) is 1.58. The van der Waals surface area contributed by atoms with Gasteiger partial charge in [-0.05, 0) is 18.2 Å². The Bertz CT molecular complexity index is 522. The van der Waals surface area contributed by atoms with E-state index in [9.17, 15) is 0 Å². The summed E-state index contributed by atoms with van der Waals surface area (Å²) >= 11 is 0. The van der Waals surface area contributed by atoms with Crippen molar-refractivity contribution in [1.29, 1.82) is 0 Å². The van der Waals surface area contributed by atoms with Crippen molar-refractivity contribution < 1.29 is 13.9 Å². The van der Waals surface area contributed by atoms with Crippen molar-refractivity contribution in [2.24, 2.45) is 0 Å². The van der Waals surface area contributed by atoms with Crippen LogP contribution in [0.4, 0.5) is 6.01 Å². The largest absolute Gasteiger partial charge is 0.454 e. The van der Waals surface area contributed by atoms with Crippen LogP contribution >= 0.6 is 0 Å². The lowest BCUT2D eigenvalue weighted by molar-refractivity contribution is 0.174. The standard InChI is InChI=1S/C11H10N2O3/c1-12-11-13-8(5-14-11)7-2-3-9-10(4-7)16-6-15-9/h2-5H,6H2,1H3,(H,12,13). The van der Waals surface area contributed by atoms with E-state index in [2.05, 4.69) is 10.3 Å². The molecular weight excluding hydrogens is 208 g/mol. The van der Waals surface area contributed by atoms with E-state index in [-0.39, 0.29) is 6.79 Å². The third kappa shape index (κ3) is 1.37. The number of ether oxygens (including phenoxy) is 2. The first-order chi connectivity index (χ1) is 7.86. The number of aromatic nitrogens is 1. The molecule has 0 atom stereocenters. The molecule has 1 aromatic carbocycles. The molecular formula is C11H10N2O3. The number of oxazole rings is 1. The number of benzene rings is 1. The van der Waals surface area contributed by atoms with Crippen LogP contribution in [-0.2, 0) is 0 Å². The molecule has 0 radical (unpaired) electrons. The molecule has 1 N–H and O–H groups in total. The Morgan fingerprint density at radius 1 is 1.25 bits per heavy atom. The number of hydrogen-bond donors (Lipinski definition) is 1. The van der Waals surface area contributed by atoms with Crippen LogP contribution < -0.4 is 14.8 Å². The fourth-order valence-electron chi connectivity index (χ4n) is 1.58. The Hall–Kier alpha value is -2.17. The maximum Gasteiger partial charge on any atom is 0.294 e. The molecule has 1 aromatic heterocycles. The second kappa shape index (κ2) is 3.44. The number of nitrogens with one attached hydrogen (secondary N) is 1. The van der Waals surface area contributed by atoms with E-state index in [0.717, 1.165) is 22.8 Å². The summed E-state index contributed by atoms with van der Waals surface area (Å²) in [5.74, 6) is 1.51. The minimum absolute atomic E-state index is 0.277. The van der Waals surface area contributed by atoms with E-state index >= 15 is 0 Å². The van der Waals surface area contributed by atoms with Crippen LogP contribution in [0.1, 0.15) is 0 Å². The Morgan fingerprint density at radius 3 is 2.94 bits per heavy atom. The summed E-state index contributed by atoms with van der Waals surface area (Å²) in [6.07, 6.45) is 1.60. The first-order valence-corrected chi connectivity index (χ1v) is 4.90. The van der Waals surface area contributed by atoms with Gasteiger partial charge in [-0.3, -0.25) is 0 Å². The van der Waals surface area contributed by atoms with Crippen LogP contribution in [-0.4, -0.2) is 18.8 Å². The van der Waals surface area contributed by atoms with Crippen molar-refractivity contribution in [3.05, 3.63) is 24.5 Å². The van der Waals surface area contributed by atoms with Crippen molar-refractivity contribution in [3.8, 4) is 22.8 Å². The molecule has 0 unspecified atom stereocenters. The third-order valence-corrected chi connectivity index (χ3v) is 2.39. The summed E-state index contributed by atoms with van der Waals surface area (Å²) in [6, 6.07) is 6.17. The first kappa shape index (κ1) is 9.08. The molecule has 2 heterocycles. The number of anilines is 1. The summed E-state index contributed by atoms with van der Waals surface area (Å²) in [7, 11) is 1.76. The third-order valence-electron chi connectivity index (χ3n) is 2.39. The average Bonchev–Trinajstić information content (AvgIpc) is 2.96. The maximum atomic E-state index is 5.30. The Balaban J connectivity index is 2.00. The zero-order valence-electron chi connectivity index (χ0n) is 8.69. The zero-order chi connectivity index (χ0) is 11.0. The molecule has 0 fully saturated rings. The summed E-state index contributed by atoms with van der Waals surface area (Å²) < 4.78 is 15.7. The summed E-state index contributed by atoms with van der Waals surface area (Å²) in [5.41, 5.74) is 1.71. The molecule has 0 saturated carbocycles. The van der Waals surface area contributed by atoms with E-state index in [4.69, 9.17) is 13.9 Å². The molecule has 3 rings (SSSR count). The number of rotatable bonds is 2. The Labute approximate surface area is 92.0 Å². The van der Waals surface area contributed by atoms with E-state index in [1.54, 1.807) is 13.3 Å². The van der Waals surface area contributed by atoms with Gasteiger partial charge in [0.25, 0.3) is 6.01 Å². The molecule has 0 aliphatic carbocycles. The summed E-state index contributed by atoms with van der Waals surface area (Å²) in [5, 5.41) is 2.84. The second-order valence-corrected chi connectivity index (χ2v) is 3.36. The van der Waals surface area contributed by atoms with Gasteiger partial charge in [0.1, 0.15) is 12.0 Å². The number of nitrogens with zero attached hydrogens (tertiary/aromatic N) is 1. The average molecular weight is 218 g/mol. The topological polar surface area (TPSA) is 56.5 Å². The lowest BCUT2D eigenvalue weighted by atomic mass is 10.1. The predicted molar refractivity (Wildman–Crippen MR) is 57.6 cm³/mol. The second-order valence-electron chi connectivity index (χ2n) is 3.36. The van der Waals surface area contributed by atoms with Gasteiger partial charge < -0.3 is 19.2 Å². The van der Waals surface area contributed by atoms with E-state index in [1.165, 1.54) is 0 Å². The highest BCUT2D eigenvalue weighted by molar-refractivity contribution is 5.64. The minimum atomic E-state index is 0.277. The van der Waals surface area contributed by atoms with Crippen LogP contribution in [0.15, 0.2) is 28.9 Å². The summed E-state index contributed by atoms with van der Waals surface area (Å²) in [6.45, 7) is 0.277. The highest BCUT2D eigenvalue weighted by atomic mass is 16.7. The van der Waals surface area contributed by atoms with Gasteiger partial charge in [-0.25, -0.2) is 0 Å². The normalized spacial score (nSPS) is 12.8. The molecule has 0 amide bonds. The fraction of sp³-hybridized carbons (Fsp3) is 0.182. The van der Waals surface area contributed by atoms with Crippen molar-refractivity contribution in [2.75, 3.05) is 19.2 Å². The molecule has 1 aliphatic rings. The smallest absolute Gasteiger partial charge is 0.294 e. The van der Waals surface area contributed by atoms with Crippen molar-refractivity contribution in [2.45, 2.75) is 0 Å². The van der Waals surface area contributed by atoms with Crippen LogP contribution in [0, 0.1) is 0 Å². The quantitative estimate of drug-likeness (QED) is 0.836. The molecule has 5 nitrogen and oxygen atoms in total. The van der Waals surface area contributed by atoms with Gasteiger partial charge in [0.05, 0.1) is 0 Å². The van der Waals surface area contributed by atoms with E-state index < -0.39 is 0 Å². The minimum Gasteiger partial charge on any atom is -0.454 e. The lowest BCUT2D eigenvalue weighted by Crippen LogP contribution is -1.92. The SMILES string of the molecule is CNc1nc(-c2ccc3c(c2)OCO3)co1. The molecule has 1 aliphatic heterocycles. The maximum absolute atomic E-state index is 5.30. The molecule has 0 spiro atoms. The zero-order valence-corrected chi connectivity index (χ0v) is 8.69. The monoisotopic (exact) mass is 218 g/mol. The molecule has 2 aromatic rings. The van der Waals surface area contributed by atoms with E-state index in [1.807, 2.05) is 18.2 Å². The Kier molecular flexibility index (Phi) is 1.96. The molecule has 0 bridgehead atoms. The van der Waals surface area contributed by atoms with Crippen LogP contribution in [0.5, 0.6) is 11.5 Å². The predicted octanol–water partition coefficient (Wildman–Crippen LogP) is 2.11.